The summed E-state index contributed by atoms with van der Waals surface area (Å²) < 4.78 is 10.8. The first-order chi connectivity index (χ1) is 11.5. The van der Waals surface area contributed by atoms with E-state index in [2.05, 4.69) is 0 Å². The minimum Gasteiger partial charge on any atom is -0.465 e. The number of hydrogen-bond donors (Lipinski definition) is 0. The highest BCUT2D eigenvalue weighted by molar-refractivity contribution is 5.99. The second kappa shape index (κ2) is 7.95. The highest BCUT2D eigenvalue weighted by Crippen LogP contribution is 2.38. The molecule has 0 aromatic heterocycles. The van der Waals surface area contributed by atoms with Crippen LogP contribution < -0.4 is 9.75 Å². The number of rotatable bonds is 7. The van der Waals surface area contributed by atoms with Crippen molar-refractivity contribution in [3.05, 3.63) is 53.6 Å². The average molecular weight is 328 g/mol. The minimum atomic E-state index is -0.0437. The molecule has 0 aliphatic rings. The molecule has 0 amide bonds. The number of hydrogen-bond acceptors (Lipinski definition) is 5. The fourth-order valence-corrected chi connectivity index (χ4v) is 2.60. The highest BCUT2D eigenvalue weighted by Gasteiger charge is 2.22. The lowest BCUT2D eigenvalue weighted by Crippen LogP contribution is -2.33. The van der Waals surface area contributed by atoms with Crippen LogP contribution in [-0.4, -0.2) is 38.8 Å². The Morgan fingerprint density at radius 3 is 2.33 bits per heavy atom. The molecule has 0 heterocycles. The summed E-state index contributed by atoms with van der Waals surface area (Å²) in [6.07, 6.45) is 0. The van der Waals surface area contributed by atoms with Crippen molar-refractivity contribution in [2.24, 2.45) is 0 Å². The number of benzene rings is 2. The molecular formula is C19H24N2O3. The zero-order valence-corrected chi connectivity index (χ0v) is 14.9. The quantitative estimate of drug-likeness (QED) is 0.439. The molecule has 5 nitrogen and oxygen atoms in total. The molecule has 2 aromatic carbocycles. The van der Waals surface area contributed by atoms with Gasteiger partial charge in [0.2, 0.25) is 0 Å². The maximum absolute atomic E-state index is 12.1. The van der Waals surface area contributed by atoms with Crippen LogP contribution in [0.5, 0.6) is 5.75 Å². The third kappa shape index (κ3) is 3.93. The van der Waals surface area contributed by atoms with Crippen molar-refractivity contribution < 1.29 is 14.3 Å². The molecule has 2 rings (SSSR count). The van der Waals surface area contributed by atoms with Crippen molar-refractivity contribution in [2.45, 2.75) is 13.8 Å². The van der Waals surface area contributed by atoms with Gasteiger partial charge in [-0.2, -0.15) is 0 Å². The first-order valence-corrected chi connectivity index (χ1v) is 7.75. The number of Topliss-reactive ketones (excluding diaryl/α,β-unsaturated/α-hetero) is 1. The fraction of sp³-hybridized carbons (Fsp3) is 0.316. The van der Waals surface area contributed by atoms with Crippen LogP contribution in [0.2, 0.25) is 0 Å². The monoisotopic (exact) mass is 328 g/mol. The van der Waals surface area contributed by atoms with E-state index in [-0.39, 0.29) is 12.6 Å². The Balaban J connectivity index is 2.66. The maximum atomic E-state index is 12.1. The summed E-state index contributed by atoms with van der Waals surface area (Å²) in [7, 11) is 5.45. The first kappa shape index (κ1) is 18.0. The molecule has 0 atom stereocenters. The minimum absolute atomic E-state index is 0.0437. The lowest BCUT2D eigenvalue weighted by atomic mass is 10.0. The van der Waals surface area contributed by atoms with Gasteiger partial charge in [-0.05, 0) is 43.7 Å². The molecule has 0 bridgehead atoms. The van der Waals surface area contributed by atoms with Crippen molar-refractivity contribution in [1.82, 2.24) is 5.01 Å². The van der Waals surface area contributed by atoms with Crippen LogP contribution in [-0.2, 0) is 4.74 Å². The van der Waals surface area contributed by atoms with Crippen molar-refractivity contribution in [3.63, 3.8) is 0 Å². The Morgan fingerprint density at radius 1 is 1.12 bits per heavy atom. The number of carbonyl (C=O) groups excluding carboxylic acids is 1. The Morgan fingerprint density at radius 2 is 1.79 bits per heavy atom. The molecule has 24 heavy (non-hydrogen) atoms. The van der Waals surface area contributed by atoms with Gasteiger partial charge >= 0.3 is 0 Å². The number of ketones is 1. The van der Waals surface area contributed by atoms with Crippen LogP contribution >= 0.6 is 0 Å². The van der Waals surface area contributed by atoms with Gasteiger partial charge < -0.3 is 9.47 Å². The number of ether oxygens (including phenoxy) is 2. The molecule has 5 heteroatoms. The lowest BCUT2D eigenvalue weighted by Gasteiger charge is -2.33. The van der Waals surface area contributed by atoms with Crippen LogP contribution in [0.4, 0.5) is 11.4 Å². The van der Waals surface area contributed by atoms with E-state index in [4.69, 9.17) is 9.47 Å². The molecule has 0 radical (unpaired) electrons. The van der Waals surface area contributed by atoms with Gasteiger partial charge in [-0.1, -0.05) is 18.2 Å². The van der Waals surface area contributed by atoms with Gasteiger partial charge in [0.1, 0.15) is 5.69 Å². The Hall–Kier alpha value is -2.37. The number of methoxy groups -OCH3 is 1. The Bertz CT molecular complexity index is 699. The van der Waals surface area contributed by atoms with E-state index in [0.29, 0.717) is 11.3 Å². The summed E-state index contributed by atoms with van der Waals surface area (Å²) in [6, 6.07) is 13.8. The van der Waals surface area contributed by atoms with E-state index in [1.54, 1.807) is 14.0 Å². The van der Waals surface area contributed by atoms with Gasteiger partial charge in [-0.15, -0.1) is 0 Å². The Kier molecular flexibility index (Phi) is 5.95. The normalized spacial score (nSPS) is 10.8. The summed E-state index contributed by atoms with van der Waals surface area (Å²) in [4.78, 5) is 12.1. The second-order valence-corrected chi connectivity index (χ2v) is 5.76. The molecule has 0 saturated carbocycles. The van der Waals surface area contributed by atoms with Gasteiger partial charge in [-0.3, -0.25) is 9.80 Å². The van der Waals surface area contributed by atoms with Crippen LogP contribution in [0.25, 0.3) is 0 Å². The van der Waals surface area contributed by atoms with Gasteiger partial charge in [-0.25, -0.2) is 5.01 Å². The van der Waals surface area contributed by atoms with E-state index in [1.165, 1.54) is 0 Å². The standard InChI is InChI=1S/C19H24N2O3/c1-14-11-17(15(2)22)19(24-13-23-5)18(12-14)21(20(3)4)16-9-7-6-8-10-16/h6-12H,13H2,1-5H3. The molecule has 128 valence electrons. The second-order valence-electron chi connectivity index (χ2n) is 5.76. The molecule has 0 saturated heterocycles. The van der Waals surface area contributed by atoms with Crippen molar-refractivity contribution >= 4 is 17.2 Å². The van der Waals surface area contributed by atoms with Crippen molar-refractivity contribution in [1.29, 1.82) is 0 Å². The third-order valence-electron chi connectivity index (χ3n) is 3.54. The highest BCUT2D eigenvalue weighted by atomic mass is 16.7. The van der Waals surface area contributed by atoms with Crippen LogP contribution in [0.3, 0.4) is 0 Å². The molecular weight excluding hydrogens is 304 g/mol. The van der Waals surface area contributed by atoms with E-state index in [0.717, 1.165) is 16.9 Å². The maximum Gasteiger partial charge on any atom is 0.188 e. The zero-order chi connectivity index (χ0) is 17.7. The summed E-state index contributed by atoms with van der Waals surface area (Å²) in [5.41, 5.74) is 3.31. The van der Waals surface area contributed by atoms with Crippen LogP contribution in [0.1, 0.15) is 22.8 Å². The zero-order valence-electron chi connectivity index (χ0n) is 14.9. The molecule has 0 N–H and O–H groups in total. The predicted octanol–water partition coefficient (Wildman–Crippen LogP) is 3.80. The predicted molar refractivity (Wildman–Crippen MR) is 96.0 cm³/mol. The molecule has 0 fully saturated rings. The SMILES string of the molecule is COCOc1c(C(C)=O)cc(C)cc1N(c1ccccc1)N(C)C. The van der Waals surface area contributed by atoms with Crippen molar-refractivity contribution in [2.75, 3.05) is 33.0 Å². The molecule has 0 unspecified atom stereocenters. The smallest absolute Gasteiger partial charge is 0.188 e. The number of anilines is 2. The Labute approximate surface area is 143 Å². The van der Waals surface area contributed by atoms with Gasteiger partial charge in [0.05, 0.1) is 11.3 Å². The fourth-order valence-electron chi connectivity index (χ4n) is 2.60. The molecule has 0 aliphatic carbocycles. The summed E-state index contributed by atoms with van der Waals surface area (Å²) in [6.45, 7) is 3.59. The van der Waals surface area contributed by atoms with E-state index in [1.807, 2.05) is 73.5 Å². The van der Waals surface area contributed by atoms with Gasteiger partial charge in [0.15, 0.2) is 18.3 Å². The number of aryl methyl sites for hydroxylation is 1. The molecule has 0 spiro atoms. The number of carbonyl (C=O) groups is 1. The molecule has 0 aliphatic heterocycles. The molecule has 2 aromatic rings. The van der Waals surface area contributed by atoms with E-state index in [9.17, 15) is 4.79 Å². The largest absolute Gasteiger partial charge is 0.465 e. The van der Waals surface area contributed by atoms with Crippen LogP contribution in [0, 0.1) is 6.92 Å². The van der Waals surface area contributed by atoms with E-state index >= 15 is 0 Å². The average Bonchev–Trinajstić information content (AvgIpc) is 2.54. The third-order valence-corrected chi connectivity index (χ3v) is 3.54. The van der Waals surface area contributed by atoms with Crippen molar-refractivity contribution in [3.8, 4) is 5.75 Å². The van der Waals surface area contributed by atoms with Crippen LogP contribution in [0.15, 0.2) is 42.5 Å². The summed E-state index contributed by atoms with van der Waals surface area (Å²) >= 11 is 0. The summed E-state index contributed by atoms with van der Waals surface area (Å²) in [5, 5.41) is 3.96. The number of nitrogens with zero attached hydrogens (tertiary/aromatic N) is 2. The van der Waals surface area contributed by atoms with Gasteiger partial charge in [0, 0.05) is 21.2 Å². The lowest BCUT2D eigenvalue weighted by molar-refractivity contribution is 0.0504. The topological polar surface area (TPSA) is 42.0 Å². The summed E-state index contributed by atoms with van der Waals surface area (Å²) in [5.74, 6) is 0.477. The number of hydrazine groups is 1. The van der Waals surface area contributed by atoms with E-state index < -0.39 is 0 Å². The van der Waals surface area contributed by atoms with Gasteiger partial charge in [0.25, 0.3) is 0 Å². The number of para-hydroxylation sites is 1. The first-order valence-electron chi connectivity index (χ1n) is 7.75.